The summed E-state index contributed by atoms with van der Waals surface area (Å²) in [5, 5.41) is 0.721. The van der Waals surface area contributed by atoms with Crippen LogP contribution in [0.4, 0.5) is 0 Å². The van der Waals surface area contributed by atoms with E-state index in [1.165, 1.54) is 16.0 Å². The summed E-state index contributed by atoms with van der Waals surface area (Å²) in [7, 11) is 0. The van der Waals surface area contributed by atoms with Crippen molar-refractivity contribution in [2.75, 3.05) is 19.6 Å². The highest BCUT2D eigenvalue weighted by atomic mass is 35.5. The quantitative estimate of drug-likeness (QED) is 0.399. The molecule has 190 valence electrons. The van der Waals surface area contributed by atoms with Gasteiger partial charge in [0.15, 0.2) is 0 Å². The first-order valence-electron chi connectivity index (χ1n) is 12.7. The van der Waals surface area contributed by atoms with Crippen molar-refractivity contribution >= 4 is 45.0 Å². The van der Waals surface area contributed by atoms with E-state index >= 15 is 0 Å². The summed E-state index contributed by atoms with van der Waals surface area (Å²) >= 11 is 8.19. The molecule has 2 aromatic heterocycles. The van der Waals surface area contributed by atoms with Gasteiger partial charge in [-0.05, 0) is 68.7 Å². The Labute approximate surface area is 221 Å². The number of rotatable bonds is 6. The zero-order valence-electron chi connectivity index (χ0n) is 21.4. The van der Waals surface area contributed by atoms with Crippen LogP contribution in [0.1, 0.15) is 49.6 Å². The molecule has 0 radical (unpaired) electrons. The molecule has 3 aromatic rings. The number of carbonyl (C=O) groups excluding carboxylic acids is 2. The average Bonchev–Trinajstić information content (AvgIpc) is 3.39. The fourth-order valence-electron chi connectivity index (χ4n) is 5.39. The maximum Gasteiger partial charge on any atom is 0.230 e. The summed E-state index contributed by atoms with van der Waals surface area (Å²) in [5.74, 6) is -0.185. The van der Waals surface area contributed by atoms with Crippen molar-refractivity contribution in [3.8, 4) is 11.1 Å². The Morgan fingerprint density at radius 1 is 1.08 bits per heavy atom. The number of aryl methyl sites for hydroxylation is 1. The first kappa shape index (κ1) is 25.3. The monoisotopic (exact) mass is 524 g/mol. The summed E-state index contributed by atoms with van der Waals surface area (Å²) in [6, 6.07) is 9.21. The minimum Gasteiger partial charge on any atom is -0.298 e. The molecule has 0 N–H and O–H groups in total. The Kier molecular flexibility index (Phi) is 7.18. The van der Waals surface area contributed by atoms with Crippen LogP contribution in [0, 0.1) is 6.92 Å². The second kappa shape index (κ2) is 10.2. The van der Waals surface area contributed by atoms with Crippen LogP contribution in [0.3, 0.4) is 0 Å². The van der Waals surface area contributed by atoms with Crippen LogP contribution in [0.2, 0.25) is 5.02 Å². The molecule has 36 heavy (non-hydrogen) atoms. The van der Waals surface area contributed by atoms with Crippen LogP contribution in [-0.2, 0) is 22.7 Å². The SMILES string of the molecule is Cc1cc(Cl)cc(-c2ccnc3cc(CN4C(=O)CCC4=O)sc23)c1CN1CCN(C(C)C)C[C@@H]1C. The van der Waals surface area contributed by atoms with Crippen LogP contribution < -0.4 is 0 Å². The van der Waals surface area contributed by atoms with Crippen LogP contribution in [0.25, 0.3) is 21.3 Å². The van der Waals surface area contributed by atoms with Crippen molar-refractivity contribution in [2.24, 2.45) is 0 Å². The standard InChI is InChI=1S/C28H33ClN4O2S/c1-17(2)31-9-10-32(19(4)14-31)16-24-18(3)11-20(29)12-23(24)22-7-8-30-25-13-21(36-28(22)25)15-33-26(34)5-6-27(33)35/h7-8,11-13,17,19H,5-6,9-10,14-16H2,1-4H3/t19-/m0/s1. The highest BCUT2D eigenvalue weighted by Crippen LogP contribution is 2.39. The highest BCUT2D eigenvalue weighted by Gasteiger charge is 2.30. The van der Waals surface area contributed by atoms with Gasteiger partial charge in [0.25, 0.3) is 0 Å². The lowest BCUT2D eigenvalue weighted by Crippen LogP contribution is -2.53. The molecule has 2 aliphatic heterocycles. The van der Waals surface area contributed by atoms with Gasteiger partial charge in [0.2, 0.25) is 11.8 Å². The summed E-state index contributed by atoms with van der Waals surface area (Å²) in [6.07, 6.45) is 2.45. The van der Waals surface area contributed by atoms with E-state index in [1.807, 2.05) is 12.3 Å². The van der Waals surface area contributed by atoms with Crippen molar-refractivity contribution in [1.82, 2.24) is 19.7 Å². The fraction of sp³-hybridized carbons (Fsp3) is 0.464. The van der Waals surface area contributed by atoms with Crippen molar-refractivity contribution in [3.63, 3.8) is 0 Å². The van der Waals surface area contributed by atoms with Gasteiger partial charge in [0.05, 0.1) is 16.8 Å². The third-order valence-electron chi connectivity index (χ3n) is 7.55. The van der Waals surface area contributed by atoms with Gasteiger partial charge in [-0.15, -0.1) is 11.3 Å². The predicted octanol–water partition coefficient (Wildman–Crippen LogP) is 5.49. The molecule has 1 atom stereocenters. The first-order chi connectivity index (χ1) is 17.2. The van der Waals surface area contributed by atoms with Gasteiger partial charge in [-0.2, -0.15) is 0 Å². The van der Waals surface area contributed by atoms with Gasteiger partial charge in [-0.25, -0.2) is 0 Å². The molecule has 1 aromatic carbocycles. The van der Waals surface area contributed by atoms with Crippen molar-refractivity contribution in [1.29, 1.82) is 0 Å². The largest absolute Gasteiger partial charge is 0.298 e. The Balaban J connectivity index is 1.50. The predicted molar refractivity (Wildman–Crippen MR) is 146 cm³/mol. The number of carbonyl (C=O) groups is 2. The van der Waals surface area contributed by atoms with E-state index in [2.05, 4.69) is 60.7 Å². The number of pyridine rings is 1. The molecule has 2 fully saturated rings. The second-order valence-electron chi connectivity index (χ2n) is 10.3. The van der Waals surface area contributed by atoms with Crippen LogP contribution >= 0.6 is 22.9 Å². The van der Waals surface area contributed by atoms with Gasteiger partial charge >= 0.3 is 0 Å². The zero-order valence-corrected chi connectivity index (χ0v) is 23.0. The third-order valence-corrected chi connectivity index (χ3v) is 8.91. The number of piperazine rings is 1. The number of benzene rings is 1. The van der Waals surface area contributed by atoms with Crippen molar-refractivity contribution in [2.45, 2.75) is 65.7 Å². The van der Waals surface area contributed by atoms with E-state index in [9.17, 15) is 9.59 Å². The van der Waals surface area contributed by atoms with Crippen LogP contribution in [0.5, 0.6) is 0 Å². The van der Waals surface area contributed by atoms with Crippen molar-refractivity contribution < 1.29 is 9.59 Å². The molecular weight excluding hydrogens is 492 g/mol. The molecule has 2 aliphatic rings. The molecule has 2 saturated heterocycles. The molecule has 6 nitrogen and oxygen atoms in total. The summed E-state index contributed by atoms with van der Waals surface area (Å²) in [5.41, 5.74) is 5.59. The number of thiophene rings is 1. The third kappa shape index (κ3) is 4.94. The minimum atomic E-state index is -0.0925. The molecule has 0 spiro atoms. The summed E-state index contributed by atoms with van der Waals surface area (Å²) in [6.45, 7) is 13.4. The lowest BCUT2D eigenvalue weighted by atomic mass is 9.95. The minimum absolute atomic E-state index is 0.0925. The molecule has 0 unspecified atom stereocenters. The van der Waals surface area contributed by atoms with E-state index in [0.29, 0.717) is 31.5 Å². The molecular formula is C28H33ClN4O2S. The zero-order chi connectivity index (χ0) is 25.6. The molecule has 8 heteroatoms. The van der Waals surface area contributed by atoms with E-state index in [1.54, 1.807) is 11.3 Å². The maximum absolute atomic E-state index is 12.2. The van der Waals surface area contributed by atoms with Crippen molar-refractivity contribution in [3.05, 3.63) is 51.5 Å². The van der Waals surface area contributed by atoms with Gasteiger partial charge in [-0.1, -0.05) is 11.6 Å². The summed E-state index contributed by atoms with van der Waals surface area (Å²) in [4.78, 5) is 36.4. The Morgan fingerprint density at radius 3 is 2.53 bits per heavy atom. The Bertz CT molecular complexity index is 1300. The topological polar surface area (TPSA) is 56.8 Å². The maximum atomic E-state index is 12.2. The number of fused-ring (bicyclic) bond motifs is 1. The molecule has 0 aliphatic carbocycles. The first-order valence-corrected chi connectivity index (χ1v) is 13.9. The average molecular weight is 525 g/mol. The molecule has 5 rings (SSSR count). The second-order valence-corrected chi connectivity index (χ2v) is 11.9. The molecule has 4 heterocycles. The number of hydrogen-bond acceptors (Lipinski definition) is 6. The number of likely N-dealkylation sites (tertiary alicyclic amines) is 1. The van der Waals surface area contributed by atoms with E-state index in [-0.39, 0.29) is 11.8 Å². The molecule has 0 saturated carbocycles. The lowest BCUT2D eigenvalue weighted by Gasteiger charge is -2.42. The van der Waals surface area contributed by atoms with E-state index in [4.69, 9.17) is 11.6 Å². The van der Waals surface area contributed by atoms with E-state index in [0.717, 1.165) is 57.4 Å². The number of amides is 2. The lowest BCUT2D eigenvalue weighted by molar-refractivity contribution is -0.138. The number of aromatic nitrogens is 1. The molecule has 2 amide bonds. The van der Waals surface area contributed by atoms with Gasteiger partial charge in [-0.3, -0.25) is 29.3 Å². The Hall–Kier alpha value is -2.32. The number of hydrogen-bond donors (Lipinski definition) is 0. The Morgan fingerprint density at radius 2 is 1.83 bits per heavy atom. The number of nitrogens with zero attached hydrogens (tertiary/aromatic N) is 4. The van der Waals surface area contributed by atoms with Crippen LogP contribution in [-0.4, -0.2) is 63.2 Å². The number of halogens is 1. The van der Waals surface area contributed by atoms with Crippen LogP contribution in [0.15, 0.2) is 30.5 Å². The molecule has 0 bridgehead atoms. The van der Waals surface area contributed by atoms with Gasteiger partial charge in [0, 0.05) is 72.8 Å². The number of imide groups is 1. The highest BCUT2D eigenvalue weighted by molar-refractivity contribution is 7.19. The summed E-state index contributed by atoms with van der Waals surface area (Å²) < 4.78 is 1.06. The van der Waals surface area contributed by atoms with Gasteiger partial charge < -0.3 is 0 Å². The fourth-order valence-corrected chi connectivity index (χ4v) is 6.79. The van der Waals surface area contributed by atoms with Gasteiger partial charge in [0.1, 0.15) is 0 Å². The normalized spacial score (nSPS) is 19.8. The van der Waals surface area contributed by atoms with E-state index < -0.39 is 0 Å². The smallest absolute Gasteiger partial charge is 0.230 e.